The summed E-state index contributed by atoms with van der Waals surface area (Å²) < 4.78 is 46.5. The minimum absolute atomic E-state index is 0.179. The van der Waals surface area contributed by atoms with Crippen LogP contribution in [-0.2, 0) is 61.9 Å². The van der Waals surface area contributed by atoms with Crippen LogP contribution in [0.25, 0.3) is 0 Å². The summed E-state index contributed by atoms with van der Waals surface area (Å²) in [7, 11) is 0. The van der Waals surface area contributed by atoms with Gasteiger partial charge < -0.3 is 136 Å². The first-order valence-electron chi connectivity index (χ1n) is 36.5. The fourth-order valence-electron chi connectivity index (χ4n) is 13.5. The summed E-state index contributed by atoms with van der Waals surface area (Å²) >= 11 is 0. The fourth-order valence-corrected chi connectivity index (χ4v) is 13.5. The lowest BCUT2D eigenvalue weighted by Crippen LogP contribution is -2.72. The number of aliphatic carboxylic acids is 2. The minimum Gasteiger partial charge on any atom is -0.477 e. The second-order valence-corrected chi connectivity index (χ2v) is 27.5. The number of rotatable bonds is 51. The van der Waals surface area contributed by atoms with Crippen LogP contribution < -0.4 is 16.0 Å². The number of carbonyl (C=O) groups excluding carboxylic acids is 3. The molecule has 0 aromatic carbocycles. The SMILES string of the molecule is CCCCCCCCCCCCCCCC(=O)N[C@@H](CO[C@@H]1O[C@H](CO)[C@@H](O[C@@H]2O[C@H](CO)[C@H](O)[C@H](O[C@]3(C(=O)O)C[C@H](O)[C@@H](NC(C)=O)C([C@H](O)[C@@H](CO)O[C@]4(C(=O)O)C[C@H](O)[C@@H](NC(C)=O)C([C@H](O)[C@H](O)CO)O4)O3)[C@H]2O)[C@H](O)[C@H]1O)[C@H](O)CCCCCCCCCCCCCCC. The highest BCUT2D eigenvalue weighted by molar-refractivity contribution is 5.78. The molecule has 0 radical (unpaired) electrons. The Labute approximate surface area is 586 Å². The maximum Gasteiger partial charge on any atom is 0.364 e. The van der Waals surface area contributed by atoms with Gasteiger partial charge >= 0.3 is 11.9 Å². The smallest absolute Gasteiger partial charge is 0.364 e. The number of hydrogen-bond donors (Lipinski definition) is 19. The number of carboxylic acid groups (broad SMARTS) is 2. The molecule has 584 valence electrons. The van der Waals surface area contributed by atoms with Gasteiger partial charge in [0.25, 0.3) is 11.6 Å². The Hall–Kier alpha value is -3.53. The van der Waals surface area contributed by atoms with E-state index in [9.17, 15) is 106 Å². The molecule has 100 heavy (non-hydrogen) atoms. The van der Waals surface area contributed by atoms with Gasteiger partial charge in [0.2, 0.25) is 17.7 Å². The molecular weight excluding hydrogens is 1320 g/mol. The minimum atomic E-state index is -3.39. The first-order chi connectivity index (χ1) is 47.7. The molecule has 4 fully saturated rings. The number of aliphatic hydroxyl groups is 14. The van der Waals surface area contributed by atoms with Crippen LogP contribution in [0.1, 0.15) is 220 Å². The average Bonchev–Trinajstić information content (AvgIpc) is 0.759. The van der Waals surface area contributed by atoms with E-state index in [2.05, 4.69) is 29.8 Å². The van der Waals surface area contributed by atoms with Crippen molar-refractivity contribution in [3.8, 4) is 0 Å². The summed E-state index contributed by atoms with van der Waals surface area (Å²) in [5, 5.41) is 185. The van der Waals surface area contributed by atoms with E-state index in [1.807, 2.05) is 0 Å². The highest BCUT2D eigenvalue weighted by Gasteiger charge is 2.62. The van der Waals surface area contributed by atoms with Crippen molar-refractivity contribution in [2.75, 3.05) is 33.0 Å². The molecule has 32 nitrogen and oxygen atoms in total. The van der Waals surface area contributed by atoms with Crippen LogP contribution in [-0.4, -0.2) is 290 Å². The summed E-state index contributed by atoms with van der Waals surface area (Å²) in [6.07, 6.45) is -12.6. The van der Waals surface area contributed by atoms with Crippen LogP contribution >= 0.6 is 0 Å². The summed E-state index contributed by atoms with van der Waals surface area (Å²) in [5.41, 5.74) is 0. The van der Waals surface area contributed by atoms with Crippen molar-refractivity contribution in [2.24, 2.45) is 0 Å². The fraction of sp³-hybridized carbons (Fsp3) is 0.926. The van der Waals surface area contributed by atoms with Gasteiger partial charge in [0, 0.05) is 33.1 Å². The van der Waals surface area contributed by atoms with E-state index in [4.69, 9.17) is 37.9 Å². The first-order valence-corrected chi connectivity index (χ1v) is 36.5. The molecule has 0 bridgehead atoms. The van der Waals surface area contributed by atoms with Gasteiger partial charge in [-0.3, -0.25) is 14.4 Å². The molecule has 24 atom stereocenters. The lowest BCUT2D eigenvalue weighted by atomic mass is 9.87. The second kappa shape index (κ2) is 46.4. The molecule has 0 spiro atoms. The molecule has 4 aliphatic heterocycles. The van der Waals surface area contributed by atoms with Crippen molar-refractivity contribution >= 4 is 29.7 Å². The Morgan fingerprint density at radius 3 is 1.39 bits per heavy atom. The highest BCUT2D eigenvalue weighted by Crippen LogP contribution is 2.41. The standard InChI is InChI=1S/C68H123N3O29/c1-5-7-9-11-13-15-17-19-21-23-25-27-29-31-43(78)42(71-50(82)32-30-28-26-24-22-20-18-16-14-12-10-8-6-2)39-93-63-57(87)56(86)59(49(38-75)95-63)96-64-58(88)62(54(84)47(36-73)94-64)100-68(66(91)92)34-45(80)52(70-41(4)77)61(99-68)55(85)48(37-74)97-67(65(89)90)33-44(79)51(69-40(3)76)60(98-67)53(83)46(81)35-72/h42-49,51-64,72-75,78-81,83-88H,5-39H2,1-4H3,(H,69,76)(H,70,77)(H,71,82)(H,89,90)(H,91,92)/t42-,43+,44-,45-,46+,47+,48+,49+,51+,52+,53+,54-,55+,56+,57+,58+,59+,60?,61?,62-,63+,64-,67+,68-/m0/s1. The van der Waals surface area contributed by atoms with Gasteiger partial charge in [0.15, 0.2) is 12.6 Å². The Balaban J connectivity index is 1.50. The number of amides is 3. The monoisotopic (exact) mass is 1450 g/mol. The maximum atomic E-state index is 13.6. The zero-order valence-corrected chi connectivity index (χ0v) is 58.9. The lowest BCUT2D eigenvalue weighted by molar-refractivity contribution is -0.388. The Morgan fingerprint density at radius 1 is 0.500 bits per heavy atom. The number of ether oxygens (including phenoxy) is 8. The van der Waals surface area contributed by atoms with Gasteiger partial charge in [-0.25, -0.2) is 9.59 Å². The molecule has 2 unspecified atom stereocenters. The van der Waals surface area contributed by atoms with Crippen LogP contribution in [0, 0.1) is 0 Å². The van der Waals surface area contributed by atoms with Gasteiger partial charge in [-0.1, -0.05) is 174 Å². The predicted molar refractivity (Wildman–Crippen MR) is 354 cm³/mol. The lowest BCUT2D eigenvalue weighted by Gasteiger charge is -2.51. The second-order valence-electron chi connectivity index (χ2n) is 27.5. The molecule has 0 aromatic heterocycles. The predicted octanol–water partition coefficient (Wildman–Crippen LogP) is -0.217. The van der Waals surface area contributed by atoms with Gasteiger partial charge in [0.1, 0.15) is 85.5 Å². The molecular formula is C68H123N3O29. The Morgan fingerprint density at radius 2 is 0.940 bits per heavy atom. The Kier molecular flexibility index (Phi) is 41.3. The third-order valence-corrected chi connectivity index (χ3v) is 19.3. The molecule has 32 heteroatoms. The van der Waals surface area contributed by atoms with Gasteiger partial charge in [-0.05, 0) is 12.8 Å². The largest absolute Gasteiger partial charge is 0.477 e. The normalized spacial score (nSPS) is 32.1. The summed E-state index contributed by atoms with van der Waals surface area (Å²) in [4.78, 5) is 64.9. The van der Waals surface area contributed by atoms with Gasteiger partial charge in [-0.2, -0.15) is 0 Å². The van der Waals surface area contributed by atoms with Crippen molar-refractivity contribution in [1.82, 2.24) is 16.0 Å². The molecule has 4 heterocycles. The van der Waals surface area contributed by atoms with Crippen LogP contribution in [0.3, 0.4) is 0 Å². The van der Waals surface area contributed by atoms with E-state index in [1.54, 1.807) is 0 Å². The maximum absolute atomic E-state index is 13.6. The van der Waals surface area contributed by atoms with Crippen molar-refractivity contribution in [3.63, 3.8) is 0 Å². The van der Waals surface area contributed by atoms with Crippen LogP contribution in [0.5, 0.6) is 0 Å². The zero-order valence-electron chi connectivity index (χ0n) is 58.9. The molecule has 0 aromatic rings. The first kappa shape index (κ1) is 88.9. The number of unbranched alkanes of at least 4 members (excludes halogenated alkanes) is 24. The molecule has 4 saturated heterocycles. The average molecular weight is 1450 g/mol. The molecule has 0 aliphatic carbocycles. The van der Waals surface area contributed by atoms with Crippen LogP contribution in [0.4, 0.5) is 0 Å². The quantitative estimate of drug-likeness (QED) is 0.0350. The van der Waals surface area contributed by atoms with Gasteiger partial charge in [-0.15, -0.1) is 0 Å². The van der Waals surface area contributed by atoms with E-state index in [-0.39, 0.29) is 12.3 Å². The van der Waals surface area contributed by atoms with Crippen LogP contribution in [0.2, 0.25) is 0 Å². The van der Waals surface area contributed by atoms with Crippen molar-refractivity contribution in [2.45, 2.75) is 366 Å². The van der Waals surface area contributed by atoms with E-state index in [1.165, 1.54) is 103 Å². The van der Waals surface area contributed by atoms with Crippen LogP contribution in [0.15, 0.2) is 0 Å². The van der Waals surface area contributed by atoms with E-state index < -0.39 is 216 Å². The Bertz CT molecular complexity index is 2320. The topological polar surface area (TPSA) is 519 Å². The van der Waals surface area contributed by atoms with E-state index in [0.717, 1.165) is 65.2 Å². The van der Waals surface area contributed by atoms with Gasteiger partial charge in [0.05, 0.1) is 69.5 Å². The van der Waals surface area contributed by atoms with Crippen molar-refractivity contribution < 1.29 is 144 Å². The molecule has 4 aliphatic rings. The molecule has 3 amide bonds. The highest BCUT2D eigenvalue weighted by atomic mass is 16.8. The zero-order chi connectivity index (χ0) is 74.1. The number of nitrogens with one attached hydrogen (secondary N) is 3. The molecule has 4 rings (SSSR count). The van der Waals surface area contributed by atoms with Crippen molar-refractivity contribution in [1.29, 1.82) is 0 Å². The number of hydrogen-bond acceptors (Lipinski definition) is 27. The molecule has 0 saturated carbocycles. The van der Waals surface area contributed by atoms with E-state index in [0.29, 0.717) is 19.3 Å². The van der Waals surface area contributed by atoms with Crippen molar-refractivity contribution in [3.05, 3.63) is 0 Å². The summed E-state index contributed by atoms with van der Waals surface area (Å²) in [5.74, 6) is -13.1. The summed E-state index contributed by atoms with van der Waals surface area (Å²) in [6, 6.07) is -4.63. The number of carbonyl (C=O) groups is 5. The van der Waals surface area contributed by atoms with E-state index >= 15 is 0 Å². The number of carboxylic acids is 2. The number of aliphatic hydroxyl groups excluding tert-OH is 14. The third kappa shape index (κ3) is 27.4. The third-order valence-electron chi connectivity index (χ3n) is 19.3. The molecule has 19 N–H and O–H groups in total. The summed E-state index contributed by atoms with van der Waals surface area (Å²) in [6.45, 7) is 1.16.